The average Bonchev–Trinajstić information content (AvgIpc) is 3.27. The summed E-state index contributed by atoms with van der Waals surface area (Å²) in [6.07, 6.45) is 5.44. The minimum atomic E-state index is -0.194. The second-order valence-corrected chi connectivity index (χ2v) is 8.27. The van der Waals surface area contributed by atoms with Crippen molar-refractivity contribution in [2.45, 2.75) is 19.8 Å². The molecule has 9 heteroatoms. The summed E-state index contributed by atoms with van der Waals surface area (Å²) in [6.45, 7) is 7.91. The van der Waals surface area contributed by atoms with Crippen molar-refractivity contribution in [2.75, 3.05) is 38.1 Å². The van der Waals surface area contributed by atoms with Crippen molar-refractivity contribution in [3.63, 3.8) is 0 Å². The van der Waals surface area contributed by atoms with Crippen molar-refractivity contribution < 1.29 is 4.79 Å². The molecular formula is C23H26N8O. The molecule has 1 aliphatic heterocycles. The van der Waals surface area contributed by atoms with E-state index in [9.17, 15) is 4.79 Å². The molecule has 1 saturated heterocycles. The van der Waals surface area contributed by atoms with E-state index in [1.807, 2.05) is 18.5 Å². The number of piperazine rings is 1. The lowest BCUT2D eigenvalue weighted by Crippen LogP contribution is -2.44. The van der Waals surface area contributed by atoms with Crippen LogP contribution in [0.5, 0.6) is 0 Å². The molecule has 1 fully saturated rings. The molecule has 4 aromatic rings. The van der Waals surface area contributed by atoms with Crippen LogP contribution in [0.2, 0.25) is 0 Å². The highest BCUT2D eigenvalue weighted by molar-refractivity contribution is 6.02. The second kappa shape index (κ2) is 8.16. The van der Waals surface area contributed by atoms with E-state index in [4.69, 9.17) is 9.97 Å². The first-order chi connectivity index (χ1) is 15.6. The first-order valence-electron chi connectivity index (χ1n) is 10.9. The Labute approximate surface area is 185 Å². The number of carbonyl (C=O) groups is 1. The largest absolute Gasteiger partial charge is 0.354 e. The standard InChI is InChI=1S/C23H26N8O/c1-13(2)16-11-26-12-18-19(16)22(31-8-6-25-7-9-31)30-21(29-18)14-4-5-27-20-15(14)10-17(28-20)23(32)24-3/h4-5,10-13,25H,6-9H2,1-3H3,(H,24,32)(H,27,28). The number of H-pyrrole nitrogens is 1. The van der Waals surface area contributed by atoms with Crippen molar-refractivity contribution >= 4 is 33.7 Å². The van der Waals surface area contributed by atoms with Crippen molar-refractivity contribution in [2.24, 2.45) is 0 Å². The van der Waals surface area contributed by atoms with Crippen LogP contribution in [0.4, 0.5) is 5.82 Å². The summed E-state index contributed by atoms with van der Waals surface area (Å²) in [5, 5.41) is 7.93. The normalized spacial score (nSPS) is 14.4. The molecule has 164 valence electrons. The number of aromatic nitrogens is 5. The highest BCUT2D eigenvalue weighted by Crippen LogP contribution is 2.34. The number of pyridine rings is 2. The van der Waals surface area contributed by atoms with Gasteiger partial charge in [-0.3, -0.25) is 9.78 Å². The fraction of sp³-hybridized carbons (Fsp3) is 0.348. The number of hydrogen-bond donors (Lipinski definition) is 3. The first-order valence-corrected chi connectivity index (χ1v) is 10.9. The van der Waals surface area contributed by atoms with Gasteiger partial charge in [-0.1, -0.05) is 13.8 Å². The van der Waals surface area contributed by atoms with E-state index in [0.717, 1.165) is 59.4 Å². The maximum atomic E-state index is 12.1. The summed E-state index contributed by atoms with van der Waals surface area (Å²) < 4.78 is 0. The number of nitrogens with one attached hydrogen (secondary N) is 3. The lowest BCUT2D eigenvalue weighted by Gasteiger charge is -2.30. The van der Waals surface area contributed by atoms with Gasteiger partial charge in [0.25, 0.3) is 5.91 Å². The Balaban J connectivity index is 1.75. The molecule has 0 unspecified atom stereocenters. The summed E-state index contributed by atoms with van der Waals surface area (Å²) in [6, 6.07) is 3.70. The molecule has 0 aromatic carbocycles. The number of amides is 1. The molecule has 4 aromatic heterocycles. The first kappa shape index (κ1) is 20.3. The predicted molar refractivity (Wildman–Crippen MR) is 125 cm³/mol. The summed E-state index contributed by atoms with van der Waals surface area (Å²) in [7, 11) is 1.60. The quantitative estimate of drug-likeness (QED) is 0.456. The molecule has 3 N–H and O–H groups in total. The number of nitrogens with zero attached hydrogens (tertiary/aromatic N) is 5. The van der Waals surface area contributed by atoms with E-state index in [1.165, 1.54) is 0 Å². The lowest BCUT2D eigenvalue weighted by atomic mass is 10.0. The molecule has 32 heavy (non-hydrogen) atoms. The number of hydrogen-bond acceptors (Lipinski definition) is 7. The van der Waals surface area contributed by atoms with Gasteiger partial charge in [0.1, 0.15) is 17.2 Å². The van der Waals surface area contributed by atoms with Crippen LogP contribution in [0.15, 0.2) is 30.7 Å². The molecule has 9 nitrogen and oxygen atoms in total. The third-order valence-corrected chi connectivity index (χ3v) is 5.90. The SMILES string of the molecule is CNC(=O)c1cc2c(-c3nc(N4CCNCC4)c4c(C(C)C)cncc4n3)ccnc2[nH]1. The van der Waals surface area contributed by atoms with Crippen LogP contribution in [-0.2, 0) is 0 Å². The van der Waals surface area contributed by atoms with Gasteiger partial charge in [0.2, 0.25) is 0 Å². The highest BCUT2D eigenvalue weighted by Gasteiger charge is 2.22. The molecule has 0 radical (unpaired) electrons. The van der Waals surface area contributed by atoms with Gasteiger partial charge in [-0.15, -0.1) is 0 Å². The van der Waals surface area contributed by atoms with Crippen molar-refractivity contribution in [3.8, 4) is 11.4 Å². The summed E-state index contributed by atoms with van der Waals surface area (Å²) >= 11 is 0. The van der Waals surface area contributed by atoms with Crippen molar-refractivity contribution in [1.29, 1.82) is 0 Å². The predicted octanol–water partition coefficient (Wildman–Crippen LogP) is 2.46. The van der Waals surface area contributed by atoms with Gasteiger partial charge in [0.05, 0.1) is 11.7 Å². The van der Waals surface area contributed by atoms with Gasteiger partial charge >= 0.3 is 0 Å². The molecule has 5 heterocycles. The van der Waals surface area contributed by atoms with E-state index in [2.05, 4.69) is 44.3 Å². The Morgan fingerprint density at radius 3 is 2.75 bits per heavy atom. The molecule has 0 spiro atoms. The van der Waals surface area contributed by atoms with Crippen LogP contribution in [0.25, 0.3) is 33.3 Å². The number of aromatic amines is 1. The van der Waals surface area contributed by atoms with Gasteiger partial charge < -0.3 is 20.5 Å². The van der Waals surface area contributed by atoms with Gasteiger partial charge in [0, 0.05) is 62.0 Å². The van der Waals surface area contributed by atoms with Crippen LogP contribution >= 0.6 is 0 Å². The van der Waals surface area contributed by atoms with E-state index in [-0.39, 0.29) is 5.91 Å². The number of fused-ring (bicyclic) bond motifs is 2. The minimum Gasteiger partial charge on any atom is -0.354 e. The van der Waals surface area contributed by atoms with Crippen LogP contribution in [0.1, 0.15) is 35.8 Å². The van der Waals surface area contributed by atoms with Crippen LogP contribution in [0, 0.1) is 0 Å². The average molecular weight is 431 g/mol. The zero-order valence-corrected chi connectivity index (χ0v) is 18.4. The Hall–Kier alpha value is -3.59. The Morgan fingerprint density at radius 2 is 2.00 bits per heavy atom. The smallest absolute Gasteiger partial charge is 0.267 e. The van der Waals surface area contributed by atoms with Gasteiger partial charge in [-0.05, 0) is 23.6 Å². The third kappa shape index (κ3) is 3.44. The van der Waals surface area contributed by atoms with Gasteiger partial charge in [-0.25, -0.2) is 15.0 Å². The molecule has 0 atom stereocenters. The highest BCUT2D eigenvalue weighted by atomic mass is 16.1. The summed E-state index contributed by atoms with van der Waals surface area (Å²) in [5.41, 5.74) is 3.87. The Bertz CT molecular complexity index is 1310. The molecular weight excluding hydrogens is 404 g/mol. The van der Waals surface area contributed by atoms with Gasteiger partial charge in [0.15, 0.2) is 5.82 Å². The maximum absolute atomic E-state index is 12.1. The fourth-order valence-electron chi connectivity index (χ4n) is 4.23. The second-order valence-electron chi connectivity index (χ2n) is 8.27. The molecule has 0 saturated carbocycles. The van der Waals surface area contributed by atoms with E-state index in [1.54, 1.807) is 19.3 Å². The number of rotatable bonds is 4. The maximum Gasteiger partial charge on any atom is 0.267 e. The topological polar surface area (TPSA) is 112 Å². The van der Waals surface area contributed by atoms with E-state index in [0.29, 0.717) is 23.1 Å². The monoisotopic (exact) mass is 430 g/mol. The molecule has 1 aliphatic rings. The number of anilines is 1. The Kier molecular flexibility index (Phi) is 5.18. The van der Waals surface area contributed by atoms with E-state index < -0.39 is 0 Å². The van der Waals surface area contributed by atoms with Gasteiger partial charge in [-0.2, -0.15) is 0 Å². The summed E-state index contributed by atoms with van der Waals surface area (Å²) in [5.74, 6) is 1.64. The Morgan fingerprint density at radius 1 is 1.19 bits per heavy atom. The molecule has 1 amide bonds. The molecule has 0 aliphatic carbocycles. The number of carbonyl (C=O) groups excluding carboxylic acids is 1. The zero-order chi connectivity index (χ0) is 22.2. The molecule has 5 rings (SSSR count). The van der Waals surface area contributed by atoms with Crippen LogP contribution in [-0.4, -0.2) is 64.1 Å². The molecule has 0 bridgehead atoms. The zero-order valence-electron chi connectivity index (χ0n) is 18.4. The minimum absolute atomic E-state index is 0.194. The van der Waals surface area contributed by atoms with Crippen LogP contribution < -0.4 is 15.5 Å². The van der Waals surface area contributed by atoms with Crippen LogP contribution in [0.3, 0.4) is 0 Å². The fourth-order valence-corrected chi connectivity index (χ4v) is 4.23. The lowest BCUT2D eigenvalue weighted by molar-refractivity contribution is 0.0959. The van der Waals surface area contributed by atoms with Crippen molar-refractivity contribution in [1.82, 2.24) is 35.6 Å². The summed E-state index contributed by atoms with van der Waals surface area (Å²) in [4.78, 5) is 36.4. The van der Waals surface area contributed by atoms with E-state index >= 15 is 0 Å². The van der Waals surface area contributed by atoms with Crippen molar-refractivity contribution in [3.05, 3.63) is 42.0 Å². The third-order valence-electron chi connectivity index (χ3n) is 5.90.